The number of fused-ring (bicyclic) bond motifs is 1. The van der Waals surface area contributed by atoms with E-state index in [2.05, 4.69) is 9.97 Å². The van der Waals surface area contributed by atoms with Crippen LogP contribution in [0.5, 0.6) is 0 Å². The average Bonchev–Trinajstić information content (AvgIpc) is 3.06. The molecule has 0 spiro atoms. The summed E-state index contributed by atoms with van der Waals surface area (Å²) in [6.07, 6.45) is 3.51. The molecule has 0 bridgehead atoms. The van der Waals surface area contributed by atoms with Crippen LogP contribution >= 0.6 is 0 Å². The van der Waals surface area contributed by atoms with Gasteiger partial charge in [-0.1, -0.05) is 24.3 Å². The summed E-state index contributed by atoms with van der Waals surface area (Å²) >= 11 is 0. The van der Waals surface area contributed by atoms with Gasteiger partial charge in [-0.25, -0.2) is 14.2 Å². The van der Waals surface area contributed by atoms with Crippen molar-refractivity contribution in [3.05, 3.63) is 78.4 Å². The Bertz CT molecular complexity index is 1080. The highest BCUT2D eigenvalue weighted by molar-refractivity contribution is 6.04. The first-order chi connectivity index (χ1) is 12.1. The lowest BCUT2D eigenvalue weighted by Crippen LogP contribution is -1.94. The standard InChI is InChI=1S/C20H13FN2O2/c21-15-3-1-2-14(10-15)16-8-9-22-19-18(16)17(11-23-19)12-4-6-13(7-5-12)20(24)25/h1-11H,(H,22,23)(H,24,25). The highest BCUT2D eigenvalue weighted by Gasteiger charge is 2.13. The van der Waals surface area contributed by atoms with Gasteiger partial charge in [0.1, 0.15) is 11.5 Å². The number of pyridine rings is 1. The lowest BCUT2D eigenvalue weighted by Gasteiger charge is -2.07. The lowest BCUT2D eigenvalue weighted by molar-refractivity contribution is 0.0697. The van der Waals surface area contributed by atoms with Gasteiger partial charge in [0.2, 0.25) is 0 Å². The van der Waals surface area contributed by atoms with Crippen molar-refractivity contribution in [2.24, 2.45) is 0 Å². The molecule has 0 saturated carbocycles. The molecule has 0 atom stereocenters. The number of carbonyl (C=O) groups is 1. The summed E-state index contributed by atoms with van der Waals surface area (Å²) < 4.78 is 13.6. The van der Waals surface area contributed by atoms with Crippen LogP contribution in [0.1, 0.15) is 10.4 Å². The Morgan fingerprint density at radius 1 is 1.00 bits per heavy atom. The number of rotatable bonds is 3. The Kier molecular flexibility index (Phi) is 3.54. The molecule has 2 aromatic carbocycles. The Balaban J connectivity index is 1.92. The molecule has 122 valence electrons. The fraction of sp³-hybridized carbons (Fsp3) is 0. The minimum atomic E-state index is -0.965. The molecule has 2 heterocycles. The van der Waals surface area contributed by atoms with E-state index in [0.717, 1.165) is 27.6 Å². The molecule has 0 aliphatic rings. The molecule has 0 radical (unpaired) electrons. The molecular formula is C20H13FN2O2. The van der Waals surface area contributed by atoms with Crippen LogP contribution in [0.4, 0.5) is 4.39 Å². The third-order valence-corrected chi connectivity index (χ3v) is 4.15. The van der Waals surface area contributed by atoms with E-state index in [4.69, 9.17) is 5.11 Å². The average molecular weight is 332 g/mol. The van der Waals surface area contributed by atoms with Crippen molar-refractivity contribution >= 4 is 17.0 Å². The van der Waals surface area contributed by atoms with E-state index in [1.807, 2.05) is 18.3 Å². The number of halogens is 1. The SMILES string of the molecule is O=C(O)c1ccc(-c2c[nH]c3nccc(-c4cccc(F)c4)c23)cc1. The van der Waals surface area contributed by atoms with Crippen molar-refractivity contribution in [1.29, 1.82) is 0 Å². The van der Waals surface area contributed by atoms with E-state index in [1.54, 1.807) is 36.5 Å². The number of carboxylic acids is 1. The first-order valence-corrected chi connectivity index (χ1v) is 7.69. The van der Waals surface area contributed by atoms with Crippen molar-refractivity contribution in [3.63, 3.8) is 0 Å². The van der Waals surface area contributed by atoms with Crippen LogP contribution in [0.25, 0.3) is 33.3 Å². The van der Waals surface area contributed by atoms with Crippen LogP contribution in [-0.4, -0.2) is 21.0 Å². The van der Waals surface area contributed by atoms with Crippen molar-refractivity contribution in [1.82, 2.24) is 9.97 Å². The van der Waals surface area contributed by atoms with Gasteiger partial charge >= 0.3 is 5.97 Å². The number of aromatic nitrogens is 2. The predicted octanol–water partition coefficient (Wildman–Crippen LogP) is 4.73. The maximum atomic E-state index is 13.6. The number of hydrogen-bond donors (Lipinski definition) is 2. The number of benzene rings is 2. The molecule has 4 aromatic rings. The van der Waals surface area contributed by atoms with Crippen molar-refractivity contribution in [2.75, 3.05) is 0 Å². The summed E-state index contributed by atoms with van der Waals surface area (Å²) in [6, 6.07) is 14.9. The summed E-state index contributed by atoms with van der Waals surface area (Å²) in [7, 11) is 0. The monoisotopic (exact) mass is 332 g/mol. The van der Waals surface area contributed by atoms with E-state index in [1.165, 1.54) is 12.1 Å². The molecule has 4 nitrogen and oxygen atoms in total. The third-order valence-electron chi connectivity index (χ3n) is 4.15. The highest BCUT2D eigenvalue weighted by Crippen LogP contribution is 2.35. The van der Waals surface area contributed by atoms with Crippen LogP contribution in [0.15, 0.2) is 67.0 Å². The van der Waals surface area contributed by atoms with E-state index in [-0.39, 0.29) is 11.4 Å². The number of hydrogen-bond acceptors (Lipinski definition) is 2. The van der Waals surface area contributed by atoms with Crippen molar-refractivity contribution < 1.29 is 14.3 Å². The van der Waals surface area contributed by atoms with Gasteiger partial charge in [0.15, 0.2) is 0 Å². The molecule has 0 aliphatic heterocycles. The predicted molar refractivity (Wildman–Crippen MR) is 93.9 cm³/mol. The minimum absolute atomic E-state index is 0.229. The highest BCUT2D eigenvalue weighted by atomic mass is 19.1. The molecule has 0 unspecified atom stereocenters. The molecule has 5 heteroatoms. The molecule has 25 heavy (non-hydrogen) atoms. The van der Waals surface area contributed by atoms with Gasteiger partial charge in [0.05, 0.1) is 5.56 Å². The maximum Gasteiger partial charge on any atom is 0.335 e. The number of aromatic carboxylic acids is 1. The Hall–Kier alpha value is -3.47. The second-order valence-electron chi connectivity index (χ2n) is 5.68. The summed E-state index contributed by atoms with van der Waals surface area (Å²) in [5.41, 5.74) is 4.30. The van der Waals surface area contributed by atoms with Gasteiger partial charge in [-0.2, -0.15) is 0 Å². The van der Waals surface area contributed by atoms with Gasteiger partial charge in [-0.3, -0.25) is 0 Å². The van der Waals surface area contributed by atoms with E-state index >= 15 is 0 Å². The number of carboxylic acid groups (broad SMARTS) is 1. The lowest BCUT2D eigenvalue weighted by atomic mass is 9.97. The summed E-state index contributed by atoms with van der Waals surface area (Å²) in [4.78, 5) is 18.5. The summed E-state index contributed by atoms with van der Waals surface area (Å²) in [5.74, 6) is -1.27. The summed E-state index contributed by atoms with van der Waals surface area (Å²) in [6.45, 7) is 0. The smallest absolute Gasteiger partial charge is 0.335 e. The molecule has 0 amide bonds. The maximum absolute atomic E-state index is 13.6. The third kappa shape index (κ3) is 2.65. The topological polar surface area (TPSA) is 66.0 Å². The first-order valence-electron chi connectivity index (χ1n) is 7.69. The number of aromatic amines is 1. The van der Waals surface area contributed by atoms with Crippen LogP contribution < -0.4 is 0 Å². The zero-order chi connectivity index (χ0) is 17.4. The fourth-order valence-corrected chi connectivity index (χ4v) is 2.97. The van der Waals surface area contributed by atoms with Gasteiger partial charge in [0, 0.05) is 23.3 Å². The number of nitrogens with zero attached hydrogens (tertiary/aromatic N) is 1. The molecule has 0 aliphatic carbocycles. The van der Waals surface area contributed by atoms with E-state index in [9.17, 15) is 9.18 Å². The molecular weight excluding hydrogens is 319 g/mol. The van der Waals surface area contributed by atoms with Crippen LogP contribution in [-0.2, 0) is 0 Å². The zero-order valence-corrected chi connectivity index (χ0v) is 13.0. The van der Waals surface area contributed by atoms with Crippen LogP contribution in [0, 0.1) is 5.82 Å². The van der Waals surface area contributed by atoms with E-state index in [0.29, 0.717) is 5.65 Å². The molecule has 0 fully saturated rings. The van der Waals surface area contributed by atoms with Crippen molar-refractivity contribution in [2.45, 2.75) is 0 Å². The fourth-order valence-electron chi connectivity index (χ4n) is 2.97. The minimum Gasteiger partial charge on any atom is -0.478 e. The summed E-state index contributed by atoms with van der Waals surface area (Å²) in [5, 5.41) is 9.92. The van der Waals surface area contributed by atoms with Gasteiger partial charge in [-0.15, -0.1) is 0 Å². The van der Waals surface area contributed by atoms with Gasteiger partial charge in [0.25, 0.3) is 0 Å². The van der Waals surface area contributed by atoms with Gasteiger partial charge < -0.3 is 10.1 Å². The van der Waals surface area contributed by atoms with Gasteiger partial charge in [-0.05, 0) is 47.0 Å². The largest absolute Gasteiger partial charge is 0.478 e. The normalized spacial score (nSPS) is 10.9. The van der Waals surface area contributed by atoms with E-state index < -0.39 is 5.97 Å². The number of nitrogens with one attached hydrogen (secondary N) is 1. The first kappa shape index (κ1) is 15.1. The second-order valence-corrected chi connectivity index (χ2v) is 5.68. The Morgan fingerprint density at radius 3 is 2.52 bits per heavy atom. The van der Waals surface area contributed by atoms with Crippen LogP contribution in [0.2, 0.25) is 0 Å². The van der Waals surface area contributed by atoms with Crippen molar-refractivity contribution in [3.8, 4) is 22.3 Å². The quantitative estimate of drug-likeness (QED) is 0.570. The Labute approximate surface area is 142 Å². The molecule has 0 saturated heterocycles. The molecule has 2 aromatic heterocycles. The van der Waals surface area contributed by atoms with Crippen LogP contribution in [0.3, 0.4) is 0 Å². The second kappa shape index (κ2) is 5.87. The molecule has 2 N–H and O–H groups in total. The number of H-pyrrole nitrogens is 1. The molecule has 4 rings (SSSR count). The Morgan fingerprint density at radius 2 is 1.80 bits per heavy atom. The zero-order valence-electron chi connectivity index (χ0n) is 13.0.